The van der Waals surface area contributed by atoms with Crippen molar-refractivity contribution in [2.45, 2.75) is 63.9 Å². The molecule has 35 heavy (non-hydrogen) atoms. The summed E-state index contributed by atoms with van der Waals surface area (Å²) in [5.41, 5.74) is 0.221. The molecule has 1 aliphatic carbocycles. The first-order chi connectivity index (χ1) is 16.7. The van der Waals surface area contributed by atoms with Crippen LogP contribution >= 0.6 is 11.6 Å². The first-order valence-electron chi connectivity index (χ1n) is 12.0. The fraction of sp³-hybridized carbons (Fsp3) is 0.538. The van der Waals surface area contributed by atoms with E-state index < -0.39 is 17.5 Å². The largest absolute Gasteiger partial charge is 0.496 e. The zero-order valence-corrected chi connectivity index (χ0v) is 21.1. The molecule has 1 aromatic carbocycles. The monoisotopic (exact) mass is 502 g/mol. The maximum absolute atomic E-state index is 13.3. The van der Waals surface area contributed by atoms with Gasteiger partial charge in [0.05, 0.1) is 19.2 Å². The number of hydrogen-bond donors (Lipinski definition) is 1. The van der Waals surface area contributed by atoms with Crippen molar-refractivity contribution in [3.63, 3.8) is 0 Å². The zero-order valence-electron chi connectivity index (χ0n) is 20.3. The smallest absolute Gasteiger partial charge is 0.317 e. The van der Waals surface area contributed by atoms with Crippen molar-refractivity contribution in [2.24, 2.45) is 11.8 Å². The molecule has 0 radical (unpaired) electrons. The maximum atomic E-state index is 13.3. The predicted molar refractivity (Wildman–Crippen MR) is 130 cm³/mol. The number of rotatable bonds is 8. The third-order valence-electron chi connectivity index (χ3n) is 7.24. The molecule has 2 atom stereocenters. The quantitative estimate of drug-likeness (QED) is 0.429. The number of benzene rings is 1. The van der Waals surface area contributed by atoms with E-state index in [1.165, 1.54) is 6.07 Å². The Balaban J connectivity index is 1.57. The number of H-pyrrole nitrogens is 1. The highest BCUT2D eigenvalue weighted by Gasteiger charge is 2.51. The molecule has 8 nitrogen and oxygen atoms in total. The van der Waals surface area contributed by atoms with Crippen molar-refractivity contribution in [1.82, 2.24) is 9.97 Å². The van der Waals surface area contributed by atoms with Gasteiger partial charge in [-0.25, -0.2) is 4.98 Å². The summed E-state index contributed by atoms with van der Waals surface area (Å²) in [6, 6.07) is 4.91. The lowest BCUT2D eigenvalue weighted by Crippen LogP contribution is -2.52. The molecule has 9 heteroatoms. The molecule has 2 aromatic rings. The maximum Gasteiger partial charge on any atom is 0.317 e. The number of nitrogens with one attached hydrogen (secondary N) is 1. The summed E-state index contributed by atoms with van der Waals surface area (Å²) in [5, 5.41) is 0.467. The Labute approximate surface area is 209 Å². The third-order valence-corrected chi connectivity index (χ3v) is 7.53. The van der Waals surface area contributed by atoms with Gasteiger partial charge in [-0.1, -0.05) is 24.4 Å². The van der Waals surface area contributed by atoms with Crippen LogP contribution in [0.2, 0.25) is 5.02 Å². The lowest BCUT2D eigenvalue weighted by atomic mass is 9.73. The molecule has 188 valence electrons. The number of nitrogens with zero attached hydrogens (tertiary/aromatic N) is 1. The van der Waals surface area contributed by atoms with E-state index in [2.05, 4.69) is 9.97 Å². The van der Waals surface area contributed by atoms with Gasteiger partial charge >= 0.3 is 5.97 Å². The standard InChI is InChI=1S/C26H31ClN2O6/c1-15-10-24(31)29-23(28-15)12-18-20(30)14-26(35-25(18)32,17-6-4-5-7-17)9-8-16-11-19(27)22(34-3)13-21(16)33-2/h10-11,13,17-18H,4-9,12,14H2,1-3H3,(H,28,29,31). The third kappa shape index (κ3) is 5.37. The topological polar surface area (TPSA) is 108 Å². The van der Waals surface area contributed by atoms with E-state index in [9.17, 15) is 14.4 Å². The SMILES string of the molecule is COc1cc(OC)c(CCC2(C3CCCC3)CC(=O)C(Cc3nc(C)cc(=O)[nH]3)C(=O)O2)cc1Cl. The van der Waals surface area contributed by atoms with Crippen LogP contribution in [0.25, 0.3) is 0 Å². The van der Waals surface area contributed by atoms with Crippen LogP contribution in [0.4, 0.5) is 0 Å². The molecule has 1 aliphatic heterocycles. The van der Waals surface area contributed by atoms with Gasteiger partial charge in [0.1, 0.15) is 28.8 Å². The van der Waals surface area contributed by atoms with Crippen LogP contribution in [0.1, 0.15) is 55.6 Å². The Morgan fingerprint density at radius 2 is 1.83 bits per heavy atom. The van der Waals surface area contributed by atoms with Gasteiger partial charge in [-0.2, -0.15) is 0 Å². The van der Waals surface area contributed by atoms with E-state index in [1.54, 1.807) is 33.3 Å². The number of carbonyl (C=O) groups is 2. The number of carbonyl (C=O) groups excluding carboxylic acids is 2. The summed E-state index contributed by atoms with van der Waals surface area (Å²) in [4.78, 5) is 45.2. The molecule has 2 heterocycles. The second-order valence-corrected chi connectivity index (χ2v) is 9.91. The molecule has 2 aliphatic rings. The lowest BCUT2D eigenvalue weighted by molar-refractivity contribution is -0.185. The van der Waals surface area contributed by atoms with Gasteiger partial charge in [0.25, 0.3) is 5.56 Å². The van der Waals surface area contributed by atoms with E-state index in [0.717, 1.165) is 31.2 Å². The number of aromatic nitrogens is 2. The highest BCUT2D eigenvalue weighted by Crippen LogP contribution is 2.46. The van der Waals surface area contributed by atoms with Crippen molar-refractivity contribution in [1.29, 1.82) is 0 Å². The van der Waals surface area contributed by atoms with Crippen LogP contribution in [0.15, 0.2) is 23.0 Å². The van der Waals surface area contributed by atoms with E-state index in [-0.39, 0.29) is 30.1 Å². The highest BCUT2D eigenvalue weighted by atomic mass is 35.5. The molecule has 1 aromatic heterocycles. The summed E-state index contributed by atoms with van der Waals surface area (Å²) in [6.45, 7) is 1.70. The van der Waals surface area contributed by atoms with E-state index in [1.807, 2.05) is 0 Å². The Hall–Kier alpha value is -2.87. The molecule has 1 N–H and O–H groups in total. The van der Waals surface area contributed by atoms with Crippen LogP contribution in [-0.4, -0.2) is 41.5 Å². The summed E-state index contributed by atoms with van der Waals surface area (Å²) >= 11 is 6.36. The van der Waals surface area contributed by atoms with Gasteiger partial charge in [0.2, 0.25) is 0 Å². The number of methoxy groups -OCH3 is 2. The lowest BCUT2D eigenvalue weighted by Gasteiger charge is -2.43. The van der Waals surface area contributed by atoms with Crippen molar-refractivity contribution in [3.05, 3.63) is 50.7 Å². The summed E-state index contributed by atoms with van der Waals surface area (Å²) in [6.07, 6.45) is 5.12. The fourth-order valence-corrected chi connectivity index (χ4v) is 5.74. The molecule has 0 bridgehead atoms. The van der Waals surface area contributed by atoms with Crippen LogP contribution in [0.5, 0.6) is 11.5 Å². The predicted octanol–water partition coefficient (Wildman–Crippen LogP) is 3.99. The molecular formula is C26H31ClN2O6. The zero-order chi connectivity index (χ0) is 25.2. The minimum absolute atomic E-state index is 0.0250. The first kappa shape index (κ1) is 25.2. The molecule has 1 saturated carbocycles. The molecular weight excluding hydrogens is 472 g/mol. The van der Waals surface area contributed by atoms with Crippen molar-refractivity contribution in [3.8, 4) is 11.5 Å². The molecule has 2 unspecified atom stereocenters. The molecule has 0 amide bonds. The minimum Gasteiger partial charge on any atom is -0.496 e. The van der Waals surface area contributed by atoms with Crippen LogP contribution < -0.4 is 15.0 Å². The molecule has 0 spiro atoms. The molecule has 1 saturated heterocycles. The summed E-state index contributed by atoms with van der Waals surface area (Å²) in [7, 11) is 3.12. The average Bonchev–Trinajstić information content (AvgIpc) is 3.35. The van der Waals surface area contributed by atoms with Gasteiger partial charge in [0, 0.05) is 30.7 Å². The van der Waals surface area contributed by atoms with Crippen LogP contribution in [-0.2, 0) is 27.2 Å². The van der Waals surface area contributed by atoms with Crippen molar-refractivity contribution < 1.29 is 23.8 Å². The average molecular weight is 503 g/mol. The van der Waals surface area contributed by atoms with Gasteiger partial charge in [-0.15, -0.1) is 0 Å². The summed E-state index contributed by atoms with van der Waals surface area (Å²) < 4.78 is 17.0. The van der Waals surface area contributed by atoms with Gasteiger partial charge in [0.15, 0.2) is 5.78 Å². The molecule has 4 rings (SSSR count). The Morgan fingerprint density at radius 3 is 2.46 bits per heavy atom. The summed E-state index contributed by atoms with van der Waals surface area (Å²) in [5.74, 6) is -0.103. The second-order valence-electron chi connectivity index (χ2n) is 9.50. The number of aryl methyl sites for hydroxylation is 2. The normalized spacial score (nSPS) is 22.8. The van der Waals surface area contributed by atoms with E-state index in [0.29, 0.717) is 40.9 Å². The number of esters is 1. The van der Waals surface area contributed by atoms with Gasteiger partial charge in [-0.05, 0) is 50.2 Å². The van der Waals surface area contributed by atoms with Crippen molar-refractivity contribution >= 4 is 23.4 Å². The fourth-order valence-electron chi connectivity index (χ4n) is 5.47. The number of aromatic amines is 1. The number of Topliss-reactive ketones (excluding diaryl/α,β-unsaturated/α-hetero) is 1. The number of ether oxygens (including phenoxy) is 3. The second kappa shape index (κ2) is 10.4. The molecule has 2 fully saturated rings. The number of cyclic esters (lactones) is 1. The van der Waals surface area contributed by atoms with Crippen molar-refractivity contribution in [2.75, 3.05) is 14.2 Å². The Bertz CT molecular complexity index is 1150. The van der Waals surface area contributed by atoms with Gasteiger partial charge < -0.3 is 19.2 Å². The Morgan fingerprint density at radius 1 is 1.11 bits per heavy atom. The minimum atomic E-state index is -0.973. The van der Waals surface area contributed by atoms with E-state index >= 15 is 0 Å². The Kier molecular flexibility index (Phi) is 7.50. The number of hydrogen-bond acceptors (Lipinski definition) is 7. The van der Waals surface area contributed by atoms with E-state index in [4.69, 9.17) is 25.8 Å². The first-order valence-corrected chi connectivity index (χ1v) is 12.4. The number of ketones is 1. The van der Waals surface area contributed by atoms with Crippen LogP contribution in [0.3, 0.4) is 0 Å². The highest BCUT2D eigenvalue weighted by molar-refractivity contribution is 6.32. The number of halogens is 1. The van der Waals surface area contributed by atoms with Crippen LogP contribution in [0, 0.1) is 18.8 Å². The van der Waals surface area contributed by atoms with Gasteiger partial charge in [-0.3, -0.25) is 14.4 Å².